The summed E-state index contributed by atoms with van der Waals surface area (Å²) in [5.74, 6) is -1.09. The lowest BCUT2D eigenvalue weighted by Gasteiger charge is -2.02. The third-order valence-corrected chi connectivity index (χ3v) is 2.89. The van der Waals surface area contributed by atoms with Gasteiger partial charge in [-0.1, -0.05) is 29.8 Å². The number of rotatable bonds is 4. The topological polar surface area (TPSA) is 105 Å². The molecule has 0 saturated carbocycles. The molecule has 0 atom stereocenters. The summed E-state index contributed by atoms with van der Waals surface area (Å²) < 4.78 is 0. The van der Waals surface area contributed by atoms with Crippen LogP contribution in [0.5, 0.6) is 5.75 Å². The summed E-state index contributed by atoms with van der Waals surface area (Å²) in [5.41, 5.74) is 3.60. The predicted octanol–water partition coefficient (Wildman–Crippen LogP) is 2.37. The molecule has 2 aromatic rings. The molecule has 2 N–H and O–H groups in total. The lowest BCUT2D eigenvalue weighted by molar-refractivity contribution is -0.384. The zero-order chi connectivity index (χ0) is 16.1. The molecule has 0 aliphatic carbocycles. The average Bonchev–Trinajstić information content (AvgIpc) is 2.49. The third-order valence-electron chi connectivity index (χ3n) is 2.89. The number of hydrogen-bond donors (Lipinski definition) is 2. The largest absolute Gasteiger partial charge is 0.507 e. The minimum Gasteiger partial charge on any atom is -0.507 e. The average molecular weight is 299 g/mol. The standard InChI is InChI=1S/C15H13N3O4/c1-10-2-4-11(5-3-10)9-16-17-15(20)13-8-12(18(21)22)6-7-14(13)19/h2-9,19H,1H3,(H,17,20)/b16-9-. The lowest BCUT2D eigenvalue weighted by Crippen LogP contribution is -2.18. The molecule has 2 rings (SSSR count). The van der Waals surface area contributed by atoms with Crippen LogP contribution >= 0.6 is 0 Å². The highest BCUT2D eigenvalue weighted by atomic mass is 16.6. The molecule has 0 saturated heterocycles. The van der Waals surface area contributed by atoms with Crippen molar-refractivity contribution < 1.29 is 14.8 Å². The van der Waals surface area contributed by atoms with Crippen LogP contribution in [0.25, 0.3) is 0 Å². The minimum atomic E-state index is -0.732. The van der Waals surface area contributed by atoms with E-state index in [1.165, 1.54) is 6.21 Å². The van der Waals surface area contributed by atoms with Gasteiger partial charge in [0.25, 0.3) is 11.6 Å². The molecule has 0 unspecified atom stereocenters. The monoisotopic (exact) mass is 299 g/mol. The Labute approximate surface area is 126 Å². The van der Waals surface area contributed by atoms with E-state index in [-0.39, 0.29) is 17.0 Å². The number of hydrogen-bond acceptors (Lipinski definition) is 5. The van der Waals surface area contributed by atoms with E-state index in [2.05, 4.69) is 10.5 Å². The molecule has 0 heterocycles. The third kappa shape index (κ3) is 3.66. The first-order chi connectivity index (χ1) is 10.5. The fraction of sp³-hybridized carbons (Fsp3) is 0.0667. The molecule has 0 aliphatic rings. The summed E-state index contributed by atoms with van der Waals surface area (Å²) in [6.45, 7) is 1.95. The maximum atomic E-state index is 11.9. The number of carbonyl (C=O) groups excluding carboxylic acids is 1. The van der Waals surface area contributed by atoms with E-state index >= 15 is 0 Å². The van der Waals surface area contributed by atoms with Gasteiger partial charge in [0.05, 0.1) is 16.7 Å². The van der Waals surface area contributed by atoms with E-state index in [0.717, 1.165) is 29.3 Å². The number of non-ortho nitro benzene ring substituents is 1. The number of nitrogens with zero attached hydrogens (tertiary/aromatic N) is 2. The summed E-state index contributed by atoms with van der Waals surface area (Å²) in [5, 5.41) is 24.0. The fourth-order valence-corrected chi connectivity index (χ4v) is 1.70. The molecule has 7 heteroatoms. The van der Waals surface area contributed by atoms with Gasteiger partial charge >= 0.3 is 0 Å². The van der Waals surface area contributed by atoms with Gasteiger partial charge in [-0.3, -0.25) is 14.9 Å². The predicted molar refractivity (Wildman–Crippen MR) is 81.0 cm³/mol. The first-order valence-corrected chi connectivity index (χ1v) is 6.35. The van der Waals surface area contributed by atoms with Gasteiger partial charge in [-0.2, -0.15) is 5.10 Å². The van der Waals surface area contributed by atoms with Gasteiger partial charge in [0, 0.05) is 12.1 Å². The number of aromatic hydroxyl groups is 1. The molecule has 2 aromatic carbocycles. The second-order valence-corrected chi connectivity index (χ2v) is 4.57. The van der Waals surface area contributed by atoms with Gasteiger partial charge in [0.1, 0.15) is 5.75 Å². The summed E-state index contributed by atoms with van der Waals surface area (Å²) >= 11 is 0. The van der Waals surface area contributed by atoms with Gasteiger partial charge in [0.2, 0.25) is 0 Å². The van der Waals surface area contributed by atoms with E-state index < -0.39 is 10.8 Å². The molecular weight excluding hydrogens is 286 g/mol. The van der Waals surface area contributed by atoms with Crippen LogP contribution in [0.15, 0.2) is 47.6 Å². The van der Waals surface area contributed by atoms with Crippen LogP contribution in [0.3, 0.4) is 0 Å². The van der Waals surface area contributed by atoms with Gasteiger partial charge in [-0.15, -0.1) is 0 Å². The fourth-order valence-electron chi connectivity index (χ4n) is 1.70. The Morgan fingerprint density at radius 2 is 1.95 bits per heavy atom. The van der Waals surface area contributed by atoms with E-state index in [9.17, 15) is 20.0 Å². The number of phenolic OH excluding ortho intramolecular Hbond substituents is 1. The Bertz CT molecular complexity index is 739. The normalized spacial score (nSPS) is 10.6. The van der Waals surface area contributed by atoms with Crippen molar-refractivity contribution in [3.05, 3.63) is 69.3 Å². The maximum Gasteiger partial charge on any atom is 0.275 e. The van der Waals surface area contributed by atoms with Crippen molar-refractivity contribution in [3.8, 4) is 5.75 Å². The van der Waals surface area contributed by atoms with Crippen molar-refractivity contribution >= 4 is 17.8 Å². The van der Waals surface area contributed by atoms with Gasteiger partial charge in [-0.05, 0) is 18.6 Å². The first kappa shape index (κ1) is 15.2. The molecule has 0 aromatic heterocycles. The van der Waals surface area contributed by atoms with E-state index in [4.69, 9.17) is 0 Å². The molecule has 22 heavy (non-hydrogen) atoms. The Morgan fingerprint density at radius 1 is 1.27 bits per heavy atom. The van der Waals surface area contributed by atoms with Gasteiger partial charge < -0.3 is 5.11 Å². The molecule has 1 amide bonds. The number of nitrogens with one attached hydrogen (secondary N) is 1. The van der Waals surface area contributed by atoms with Gasteiger partial charge in [-0.25, -0.2) is 5.43 Å². The molecule has 0 aliphatic heterocycles. The highest BCUT2D eigenvalue weighted by Crippen LogP contribution is 2.22. The van der Waals surface area contributed by atoms with Crippen LogP contribution in [-0.2, 0) is 0 Å². The Balaban J connectivity index is 2.10. The number of aryl methyl sites for hydroxylation is 1. The zero-order valence-electron chi connectivity index (χ0n) is 11.7. The highest BCUT2D eigenvalue weighted by molar-refractivity contribution is 5.97. The molecule has 0 radical (unpaired) electrons. The van der Waals surface area contributed by atoms with Gasteiger partial charge in [0.15, 0.2) is 0 Å². The summed E-state index contributed by atoms with van der Waals surface area (Å²) in [6.07, 6.45) is 1.44. The second-order valence-electron chi connectivity index (χ2n) is 4.57. The van der Waals surface area contributed by atoms with Crippen molar-refractivity contribution in [3.63, 3.8) is 0 Å². The Kier molecular flexibility index (Phi) is 4.47. The van der Waals surface area contributed by atoms with Crippen molar-refractivity contribution in [1.29, 1.82) is 0 Å². The van der Waals surface area contributed by atoms with Crippen molar-refractivity contribution in [2.75, 3.05) is 0 Å². The zero-order valence-corrected chi connectivity index (χ0v) is 11.7. The van der Waals surface area contributed by atoms with Crippen LogP contribution in [0.4, 0.5) is 5.69 Å². The first-order valence-electron chi connectivity index (χ1n) is 6.35. The number of hydrazone groups is 1. The number of carbonyl (C=O) groups is 1. The number of benzene rings is 2. The number of amides is 1. The van der Waals surface area contributed by atoms with Crippen molar-refractivity contribution in [1.82, 2.24) is 5.43 Å². The van der Waals surface area contributed by atoms with E-state index in [0.29, 0.717) is 0 Å². The smallest absolute Gasteiger partial charge is 0.275 e. The Hall–Kier alpha value is -3.22. The quantitative estimate of drug-likeness (QED) is 0.513. The van der Waals surface area contributed by atoms with Crippen LogP contribution < -0.4 is 5.43 Å². The Morgan fingerprint density at radius 3 is 2.59 bits per heavy atom. The number of nitro groups is 1. The summed E-state index contributed by atoms with van der Waals surface area (Å²) in [6, 6.07) is 10.7. The molecular formula is C15H13N3O4. The van der Waals surface area contributed by atoms with E-state index in [1.807, 2.05) is 31.2 Å². The lowest BCUT2D eigenvalue weighted by atomic mass is 10.1. The highest BCUT2D eigenvalue weighted by Gasteiger charge is 2.15. The summed E-state index contributed by atoms with van der Waals surface area (Å²) in [4.78, 5) is 21.9. The minimum absolute atomic E-state index is 0.213. The van der Waals surface area contributed by atoms with Crippen LogP contribution in [0.1, 0.15) is 21.5 Å². The van der Waals surface area contributed by atoms with Crippen molar-refractivity contribution in [2.24, 2.45) is 5.10 Å². The van der Waals surface area contributed by atoms with Crippen LogP contribution in [0.2, 0.25) is 0 Å². The molecule has 7 nitrogen and oxygen atoms in total. The number of phenols is 1. The van der Waals surface area contributed by atoms with Crippen LogP contribution in [-0.4, -0.2) is 22.2 Å². The van der Waals surface area contributed by atoms with Crippen molar-refractivity contribution in [2.45, 2.75) is 6.92 Å². The van der Waals surface area contributed by atoms with Crippen LogP contribution in [0, 0.1) is 17.0 Å². The second kappa shape index (κ2) is 6.49. The molecule has 0 spiro atoms. The SMILES string of the molecule is Cc1ccc(/C=N\NC(=O)c2cc([N+](=O)[O-])ccc2O)cc1. The number of nitro benzene ring substituents is 1. The van der Waals surface area contributed by atoms with E-state index in [1.54, 1.807) is 0 Å². The summed E-state index contributed by atoms with van der Waals surface area (Å²) in [7, 11) is 0. The molecule has 0 fully saturated rings. The molecule has 112 valence electrons. The molecule has 0 bridgehead atoms. The maximum absolute atomic E-state index is 11.9.